The predicted octanol–water partition coefficient (Wildman–Crippen LogP) is 9.59. The van der Waals surface area contributed by atoms with E-state index in [1.165, 1.54) is 18.3 Å². The number of allylic oxidation sites excluding steroid dienone is 9. The molecule has 2 aliphatic carbocycles. The van der Waals surface area contributed by atoms with Crippen LogP contribution in [0.3, 0.4) is 0 Å². The molecule has 0 spiro atoms. The number of hydrogen-bond donors (Lipinski definition) is 0. The number of ketones is 3. The van der Waals surface area contributed by atoms with Crippen molar-refractivity contribution in [3.05, 3.63) is 94.3 Å². The maximum atomic E-state index is 15.4. The first-order chi connectivity index (χ1) is 20.1. The molecule has 0 aromatic heterocycles. The Labute approximate surface area is 260 Å². The Balaban J connectivity index is 2.48. The summed E-state index contributed by atoms with van der Waals surface area (Å²) in [7, 11) is 1.51. The van der Waals surface area contributed by atoms with Gasteiger partial charge in [0.1, 0.15) is 11.3 Å². The molecule has 4 nitrogen and oxygen atoms in total. The van der Waals surface area contributed by atoms with E-state index in [9.17, 15) is 4.79 Å². The summed E-state index contributed by atoms with van der Waals surface area (Å²) in [6.07, 6.45) is 8.95. The lowest BCUT2D eigenvalue weighted by Gasteiger charge is -2.61. The molecule has 4 atom stereocenters. The van der Waals surface area contributed by atoms with Crippen molar-refractivity contribution >= 4 is 17.3 Å². The Morgan fingerprint density at radius 1 is 0.953 bits per heavy atom. The summed E-state index contributed by atoms with van der Waals surface area (Å²) in [6.45, 7) is 22.8. The molecule has 4 heteroatoms. The number of rotatable bonds is 12. The van der Waals surface area contributed by atoms with E-state index in [0.29, 0.717) is 31.2 Å². The third-order valence-electron chi connectivity index (χ3n) is 10.0. The van der Waals surface area contributed by atoms with Crippen molar-refractivity contribution in [2.45, 2.75) is 94.4 Å². The van der Waals surface area contributed by atoms with Crippen molar-refractivity contribution in [2.75, 3.05) is 7.11 Å². The fourth-order valence-electron chi connectivity index (χ4n) is 7.27. The van der Waals surface area contributed by atoms with E-state index < -0.39 is 22.0 Å². The topological polar surface area (TPSA) is 60.4 Å². The zero-order chi connectivity index (χ0) is 32.3. The number of carbonyl (C=O) groups excluding carboxylic acids is 3. The summed E-state index contributed by atoms with van der Waals surface area (Å²) in [5, 5.41) is 0. The molecule has 0 radical (unpaired) electrons. The van der Waals surface area contributed by atoms with Crippen molar-refractivity contribution in [1.29, 1.82) is 0 Å². The average molecular weight is 585 g/mol. The average Bonchev–Trinajstić information content (AvgIpc) is 2.93. The SMILES string of the molecule is C=C(C)C(CC=C(C)C)CC12CC(CC=C(C)C)C(C)(C)C(CC=C(C)C)(C1=O)C(OC)=C(C(=O)c1ccccc1)C2=O. The smallest absolute Gasteiger partial charge is 0.200 e. The highest BCUT2D eigenvalue weighted by Gasteiger charge is 2.72. The molecular weight excluding hydrogens is 532 g/mol. The molecule has 0 aliphatic heterocycles. The van der Waals surface area contributed by atoms with Gasteiger partial charge in [-0.25, -0.2) is 0 Å². The molecule has 3 rings (SSSR count). The molecule has 0 amide bonds. The van der Waals surface area contributed by atoms with E-state index in [1.54, 1.807) is 24.3 Å². The minimum Gasteiger partial charge on any atom is -0.499 e. The fourth-order valence-corrected chi connectivity index (χ4v) is 7.27. The molecule has 0 saturated heterocycles. The lowest BCUT2D eigenvalue weighted by molar-refractivity contribution is -0.171. The summed E-state index contributed by atoms with van der Waals surface area (Å²) in [4.78, 5) is 44.8. The van der Waals surface area contributed by atoms with Crippen LogP contribution in [0.4, 0.5) is 0 Å². The van der Waals surface area contributed by atoms with E-state index in [2.05, 4.69) is 66.3 Å². The number of Topliss-reactive ketones (excluding diaryl/α,β-unsaturated/α-hetero) is 3. The molecule has 1 saturated carbocycles. The van der Waals surface area contributed by atoms with E-state index in [4.69, 9.17) is 4.74 Å². The highest BCUT2D eigenvalue weighted by molar-refractivity contribution is 6.34. The number of methoxy groups -OCH3 is 1. The van der Waals surface area contributed by atoms with Crippen molar-refractivity contribution in [3.63, 3.8) is 0 Å². The van der Waals surface area contributed by atoms with Gasteiger partial charge >= 0.3 is 0 Å². The number of hydrogen-bond acceptors (Lipinski definition) is 4. The highest BCUT2D eigenvalue weighted by Crippen LogP contribution is 2.68. The van der Waals surface area contributed by atoms with Crippen LogP contribution in [0, 0.1) is 28.1 Å². The lowest BCUT2D eigenvalue weighted by Crippen LogP contribution is -2.67. The van der Waals surface area contributed by atoms with Crippen molar-refractivity contribution in [1.82, 2.24) is 0 Å². The number of benzene rings is 1. The molecule has 43 heavy (non-hydrogen) atoms. The van der Waals surface area contributed by atoms with Gasteiger partial charge < -0.3 is 4.74 Å². The largest absolute Gasteiger partial charge is 0.499 e. The van der Waals surface area contributed by atoms with E-state index >= 15 is 9.59 Å². The van der Waals surface area contributed by atoms with Gasteiger partial charge in [-0.15, -0.1) is 0 Å². The predicted molar refractivity (Wildman–Crippen MR) is 177 cm³/mol. The molecule has 232 valence electrons. The van der Waals surface area contributed by atoms with Crippen LogP contribution in [0.15, 0.2) is 88.8 Å². The second-order valence-corrected chi connectivity index (χ2v) is 14.1. The first kappa shape index (κ1) is 34.2. The molecule has 1 aromatic rings. The molecule has 2 bridgehead atoms. The standard InChI is InChI=1S/C39H52O4/c1-25(2)17-19-30(28(7)8)23-38-24-31(20-18-26(3)4)37(9,10)39(36(38)42,22-21-27(5)6)35(43-11)32(34(38)41)33(40)29-15-13-12-14-16-29/h12-18,21,30-31H,7,19-20,22-24H2,1-6,8-11H3. The van der Waals surface area contributed by atoms with Gasteiger partial charge in [-0.3, -0.25) is 14.4 Å². The Kier molecular flexibility index (Phi) is 10.5. The maximum absolute atomic E-state index is 15.4. The van der Waals surface area contributed by atoms with Crippen molar-refractivity contribution < 1.29 is 19.1 Å². The highest BCUT2D eigenvalue weighted by atomic mass is 16.5. The summed E-state index contributed by atoms with van der Waals surface area (Å²) in [5.74, 6) is -0.736. The monoisotopic (exact) mass is 584 g/mol. The number of fused-ring (bicyclic) bond motifs is 2. The summed E-state index contributed by atoms with van der Waals surface area (Å²) < 4.78 is 6.14. The number of carbonyl (C=O) groups is 3. The minimum atomic E-state index is -1.37. The third-order valence-corrected chi connectivity index (χ3v) is 10.0. The lowest BCUT2D eigenvalue weighted by atomic mass is 9.39. The van der Waals surface area contributed by atoms with Gasteiger partial charge in [0.15, 0.2) is 17.3 Å². The second-order valence-electron chi connectivity index (χ2n) is 14.1. The van der Waals surface area contributed by atoms with Crippen LogP contribution in [-0.4, -0.2) is 24.5 Å². The fraction of sp³-hybridized carbons (Fsp3) is 0.513. The van der Waals surface area contributed by atoms with Crippen LogP contribution in [0.5, 0.6) is 0 Å². The van der Waals surface area contributed by atoms with Crippen LogP contribution in [-0.2, 0) is 14.3 Å². The Hall–Kier alpha value is -3.27. The Morgan fingerprint density at radius 2 is 1.53 bits per heavy atom. The van der Waals surface area contributed by atoms with Crippen LogP contribution in [0.2, 0.25) is 0 Å². The quantitative estimate of drug-likeness (QED) is 0.106. The van der Waals surface area contributed by atoms with Gasteiger partial charge in [0.2, 0.25) is 0 Å². The normalized spacial score (nSPS) is 25.0. The second kappa shape index (κ2) is 13.2. The van der Waals surface area contributed by atoms with Crippen LogP contribution in [0.1, 0.15) is 105 Å². The Bertz CT molecular complexity index is 1390. The third kappa shape index (κ3) is 6.21. The number of ether oxygens (including phenoxy) is 1. The van der Waals surface area contributed by atoms with Crippen LogP contribution >= 0.6 is 0 Å². The van der Waals surface area contributed by atoms with Crippen LogP contribution in [0.25, 0.3) is 0 Å². The van der Waals surface area contributed by atoms with E-state index in [1.807, 2.05) is 26.8 Å². The molecule has 4 unspecified atom stereocenters. The van der Waals surface area contributed by atoms with Crippen molar-refractivity contribution in [2.24, 2.45) is 28.1 Å². The van der Waals surface area contributed by atoms with E-state index in [-0.39, 0.29) is 34.7 Å². The maximum Gasteiger partial charge on any atom is 0.200 e. The van der Waals surface area contributed by atoms with Crippen LogP contribution < -0.4 is 0 Å². The van der Waals surface area contributed by atoms with Crippen molar-refractivity contribution in [3.8, 4) is 0 Å². The van der Waals surface area contributed by atoms with Gasteiger partial charge in [0, 0.05) is 5.56 Å². The zero-order valence-corrected chi connectivity index (χ0v) is 28.1. The van der Waals surface area contributed by atoms with E-state index in [0.717, 1.165) is 17.6 Å². The summed E-state index contributed by atoms with van der Waals surface area (Å²) in [6, 6.07) is 8.89. The zero-order valence-electron chi connectivity index (χ0n) is 28.1. The minimum absolute atomic E-state index is 0.00219. The molecular formula is C39H52O4. The Morgan fingerprint density at radius 3 is 2.05 bits per heavy atom. The molecule has 2 aliphatic rings. The first-order valence-electron chi connectivity index (χ1n) is 15.6. The van der Waals surface area contributed by atoms with Gasteiger partial charge in [-0.1, -0.05) is 91.3 Å². The van der Waals surface area contributed by atoms with Gasteiger partial charge in [-0.2, -0.15) is 0 Å². The molecule has 1 fully saturated rings. The molecule has 0 N–H and O–H groups in total. The molecule has 1 aromatic carbocycles. The summed E-state index contributed by atoms with van der Waals surface area (Å²) >= 11 is 0. The molecule has 0 heterocycles. The van der Waals surface area contributed by atoms with Gasteiger partial charge in [-0.05, 0) is 97.8 Å². The summed E-state index contributed by atoms with van der Waals surface area (Å²) in [5.41, 5.74) is 1.66. The van der Waals surface area contributed by atoms with Gasteiger partial charge in [0.25, 0.3) is 0 Å². The van der Waals surface area contributed by atoms with Gasteiger partial charge in [0.05, 0.1) is 17.9 Å². The first-order valence-corrected chi connectivity index (χ1v) is 15.6.